The highest BCUT2D eigenvalue weighted by atomic mass is 32.1. The fourth-order valence-electron chi connectivity index (χ4n) is 1.31. The maximum atomic E-state index is 9.57. The second-order valence-electron chi connectivity index (χ2n) is 3.39. The fraction of sp³-hybridized carbons (Fsp3) is 0.250. The molecule has 3 nitrogen and oxygen atoms in total. The van der Waals surface area contributed by atoms with E-state index in [0.717, 1.165) is 11.3 Å². The van der Waals surface area contributed by atoms with Gasteiger partial charge in [0.25, 0.3) is 0 Å². The molecule has 1 rings (SSSR count). The summed E-state index contributed by atoms with van der Waals surface area (Å²) in [5, 5.41) is 16.1. The van der Waals surface area contributed by atoms with Crippen LogP contribution in [0.4, 0.5) is 5.69 Å². The van der Waals surface area contributed by atoms with Gasteiger partial charge >= 0.3 is 0 Å². The summed E-state index contributed by atoms with van der Waals surface area (Å²) in [4.78, 5) is 0. The number of para-hydroxylation sites is 1. The molecule has 0 heterocycles. The second kappa shape index (κ2) is 6.25. The first-order valence-corrected chi connectivity index (χ1v) is 5.48. The monoisotopic (exact) mass is 236 g/mol. The Hall–Kier alpha value is -1.39. The zero-order chi connectivity index (χ0) is 12.0. The van der Waals surface area contributed by atoms with Crippen molar-refractivity contribution in [3.8, 4) is 0 Å². The molecule has 0 radical (unpaired) electrons. The molecule has 1 aromatic carbocycles. The van der Waals surface area contributed by atoms with Crippen LogP contribution in [0.1, 0.15) is 18.6 Å². The largest absolute Gasteiger partial charge is 0.389 e. The number of rotatable bonds is 4. The molecule has 16 heavy (non-hydrogen) atoms. The lowest BCUT2D eigenvalue weighted by molar-refractivity contribution is 0.200. The maximum absolute atomic E-state index is 9.57. The SMILES string of the molecule is C=CCNC(=S)Nc1ccccc1[C@@H](C)O. The van der Waals surface area contributed by atoms with Gasteiger partial charge < -0.3 is 15.7 Å². The van der Waals surface area contributed by atoms with Crippen LogP contribution in [-0.2, 0) is 0 Å². The number of hydrogen-bond donors (Lipinski definition) is 3. The summed E-state index contributed by atoms with van der Waals surface area (Å²) in [6.07, 6.45) is 1.21. The zero-order valence-corrected chi connectivity index (χ0v) is 10.1. The first-order valence-electron chi connectivity index (χ1n) is 5.08. The van der Waals surface area contributed by atoms with Crippen molar-refractivity contribution >= 4 is 23.0 Å². The van der Waals surface area contributed by atoms with Crippen LogP contribution in [0.25, 0.3) is 0 Å². The normalized spacial score (nSPS) is 11.6. The molecule has 0 spiro atoms. The van der Waals surface area contributed by atoms with Crippen LogP contribution in [0.15, 0.2) is 36.9 Å². The van der Waals surface area contributed by atoms with Gasteiger partial charge in [-0.05, 0) is 25.2 Å². The van der Waals surface area contributed by atoms with Crippen molar-refractivity contribution in [1.29, 1.82) is 0 Å². The number of aliphatic hydroxyl groups is 1. The number of nitrogens with one attached hydrogen (secondary N) is 2. The maximum Gasteiger partial charge on any atom is 0.171 e. The predicted molar refractivity (Wildman–Crippen MR) is 71.5 cm³/mol. The van der Waals surface area contributed by atoms with Crippen LogP contribution in [0, 0.1) is 0 Å². The number of benzene rings is 1. The Morgan fingerprint density at radius 2 is 2.25 bits per heavy atom. The van der Waals surface area contributed by atoms with E-state index < -0.39 is 6.10 Å². The number of aliphatic hydroxyl groups excluding tert-OH is 1. The molecule has 0 saturated heterocycles. The first kappa shape index (κ1) is 12.7. The molecule has 4 heteroatoms. The molecule has 86 valence electrons. The second-order valence-corrected chi connectivity index (χ2v) is 3.80. The number of hydrogen-bond acceptors (Lipinski definition) is 2. The van der Waals surface area contributed by atoms with Crippen LogP contribution < -0.4 is 10.6 Å². The molecule has 0 aliphatic carbocycles. The highest BCUT2D eigenvalue weighted by Crippen LogP contribution is 2.21. The van der Waals surface area contributed by atoms with E-state index in [9.17, 15) is 5.11 Å². The van der Waals surface area contributed by atoms with Gasteiger partial charge in [-0.25, -0.2) is 0 Å². The summed E-state index contributed by atoms with van der Waals surface area (Å²) in [5.41, 5.74) is 1.64. The lowest BCUT2D eigenvalue weighted by Gasteiger charge is -2.14. The summed E-state index contributed by atoms with van der Waals surface area (Å²) in [5.74, 6) is 0. The minimum atomic E-state index is -0.522. The van der Waals surface area contributed by atoms with E-state index in [-0.39, 0.29) is 0 Å². The third-order valence-electron chi connectivity index (χ3n) is 2.07. The van der Waals surface area contributed by atoms with Gasteiger partial charge in [-0.3, -0.25) is 0 Å². The van der Waals surface area contributed by atoms with Gasteiger partial charge in [0.05, 0.1) is 6.10 Å². The Kier molecular flexibility index (Phi) is 4.95. The molecule has 0 aliphatic heterocycles. The Morgan fingerprint density at radius 1 is 1.56 bits per heavy atom. The van der Waals surface area contributed by atoms with E-state index in [1.807, 2.05) is 24.3 Å². The Morgan fingerprint density at radius 3 is 2.88 bits per heavy atom. The van der Waals surface area contributed by atoms with Gasteiger partial charge in [-0.1, -0.05) is 24.3 Å². The van der Waals surface area contributed by atoms with E-state index >= 15 is 0 Å². The first-order chi connectivity index (χ1) is 7.65. The predicted octanol–water partition coefficient (Wildman–Crippen LogP) is 2.21. The molecular formula is C12H16N2OS. The van der Waals surface area contributed by atoms with Crippen molar-refractivity contribution in [2.45, 2.75) is 13.0 Å². The van der Waals surface area contributed by atoms with Gasteiger partial charge in [0.1, 0.15) is 0 Å². The molecule has 0 aromatic heterocycles. The van der Waals surface area contributed by atoms with E-state index in [1.54, 1.807) is 13.0 Å². The molecule has 0 fully saturated rings. The minimum Gasteiger partial charge on any atom is -0.389 e. The molecule has 0 unspecified atom stereocenters. The summed E-state index contributed by atoms with van der Waals surface area (Å²) >= 11 is 5.10. The van der Waals surface area contributed by atoms with Crippen LogP contribution >= 0.6 is 12.2 Å². The fourth-order valence-corrected chi connectivity index (χ4v) is 1.50. The standard InChI is InChI=1S/C12H16N2OS/c1-3-8-13-12(16)14-11-7-5-4-6-10(11)9(2)15/h3-7,9,15H,1,8H2,2H3,(H2,13,14,16)/t9-/m1/s1. The van der Waals surface area contributed by atoms with Gasteiger partial charge in [0.15, 0.2) is 5.11 Å². The number of anilines is 1. The average molecular weight is 236 g/mol. The van der Waals surface area contributed by atoms with Crippen molar-refractivity contribution in [3.63, 3.8) is 0 Å². The van der Waals surface area contributed by atoms with Gasteiger partial charge in [0.2, 0.25) is 0 Å². The molecule has 1 atom stereocenters. The zero-order valence-electron chi connectivity index (χ0n) is 9.23. The van der Waals surface area contributed by atoms with Crippen LogP contribution in [-0.4, -0.2) is 16.8 Å². The van der Waals surface area contributed by atoms with E-state index in [4.69, 9.17) is 12.2 Å². The third kappa shape index (κ3) is 3.64. The van der Waals surface area contributed by atoms with Crippen molar-refractivity contribution in [2.75, 3.05) is 11.9 Å². The average Bonchev–Trinajstić information content (AvgIpc) is 2.27. The molecule has 1 aromatic rings. The lowest BCUT2D eigenvalue weighted by atomic mass is 10.1. The lowest BCUT2D eigenvalue weighted by Crippen LogP contribution is -2.28. The van der Waals surface area contributed by atoms with Gasteiger partial charge in [-0.15, -0.1) is 6.58 Å². The van der Waals surface area contributed by atoms with Crippen LogP contribution in [0.3, 0.4) is 0 Å². The highest BCUT2D eigenvalue weighted by Gasteiger charge is 2.07. The summed E-state index contributed by atoms with van der Waals surface area (Å²) < 4.78 is 0. The topological polar surface area (TPSA) is 44.3 Å². The van der Waals surface area contributed by atoms with E-state index in [2.05, 4.69) is 17.2 Å². The quantitative estimate of drug-likeness (QED) is 0.554. The smallest absolute Gasteiger partial charge is 0.171 e. The molecule has 0 aliphatic rings. The van der Waals surface area contributed by atoms with Crippen LogP contribution in [0.2, 0.25) is 0 Å². The van der Waals surface area contributed by atoms with Gasteiger partial charge in [0, 0.05) is 17.8 Å². The van der Waals surface area contributed by atoms with Crippen molar-refractivity contribution in [2.24, 2.45) is 0 Å². The molecule has 3 N–H and O–H groups in total. The highest BCUT2D eigenvalue weighted by molar-refractivity contribution is 7.80. The summed E-state index contributed by atoms with van der Waals surface area (Å²) in [7, 11) is 0. The molecular weight excluding hydrogens is 220 g/mol. The van der Waals surface area contributed by atoms with Gasteiger partial charge in [-0.2, -0.15) is 0 Å². The summed E-state index contributed by atoms with van der Waals surface area (Å²) in [6, 6.07) is 7.52. The Bertz CT molecular complexity index is 377. The van der Waals surface area contributed by atoms with Crippen molar-refractivity contribution in [3.05, 3.63) is 42.5 Å². The Labute approximate surface area is 101 Å². The van der Waals surface area contributed by atoms with E-state index in [0.29, 0.717) is 11.7 Å². The molecule has 0 bridgehead atoms. The van der Waals surface area contributed by atoms with Crippen molar-refractivity contribution < 1.29 is 5.11 Å². The molecule has 0 amide bonds. The molecule has 0 saturated carbocycles. The van der Waals surface area contributed by atoms with Crippen molar-refractivity contribution in [1.82, 2.24) is 5.32 Å². The van der Waals surface area contributed by atoms with Crippen LogP contribution in [0.5, 0.6) is 0 Å². The minimum absolute atomic E-state index is 0.521. The summed E-state index contributed by atoms with van der Waals surface area (Å²) in [6.45, 7) is 5.93. The Balaban J connectivity index is 2.72. The third-order valence-corrected chi connectivity index (χ3v) is 2.31. The number of thiocarbonyl (C=S) groups is 1. The van der Waals surface area contributed by atoms with E-state index in [1.165, 1.54) is 0 Å².